The minimum absolute atomic E-state index is 0.0806. The number of alkyl carbamates (subject to hydrolysis) is 1. The molecule has 2 amide bonds. The first-order valence-corrected chi connectivity index (χ1v) is 6.88. The summed E-state index contributed by atoms with van der Waals surface area (Å²) >= 11 is 0. The summed E-state index contributed by atoms with van der Waals surface area (Å²) < 4.78 is 10.0. The van der Waals surface area contributed by atoms with Gasteiger partial charge in [0, 0.05) is 19.6 Å². The van der Waals surface area contributed by atoms with E-state index in [1.54, 1.807) is 6.92 Å². The predicted molar refractivity (Wildman–Crippen MR) is 73.4 cm³/mol. The molecule has 7 heteroatoms. The zero-order chi connectivity index (χ0) is 15.2. The van der Waals surface area contributed by atoms with Crippen molar-refractivity contribution in [1.29, 1.82) is 0 Å². The van der Waals surface area contributed by atoms with Crippen molar-refractivity contribution >= 4 is 18.3 Å². The van der Waals surface area contributed by atoms with Gasteiger partial charge >= 0.3 is 6.09 Å². The summed E-state index contributed by atoms with van der Waals surface area (Å²) in [5.74, 6) is -0.349. The van der Waals surface area contributed by atoms with Gasteiger partial charge in [-0.25, -0.2) is 4.79 Å². The van der Waals surface area contributed by atoms with Crippen molar-refractivity contribution in [2.24, 2.45) is 0 Å². The molecule has 7 nitrogen and oxygen atoms in total. The molecule has 0 fully saturated rings. The highest BCUT2D eigenvalue weighted by molar-refractivity contribution is 5.85. The van der Waals surface area contributed by atoms with Crippen LogP contribution in [0.3, 0.4) is 0 Å². The molecule has 0 aromatic heterocycles. The number of nitrogens with one attached hydrogen (secondary N) is 2. The molecule has 0 aromatic rings. The summed E-state index contributed by atoms with van der Waals surface area (Å²) in [7, 11) is 0. The molecule has 0 bridgehead atoms. The lowest BCUT2D eigenvalue weighted by Crippen LogP contribution is -2.49. The molecular formula is C13H24N2O5. The highest BCUT2D eigenvalue weighted by Gasteiger charge is 2.21. The van der Waals surface area contributed by atoms with Gasteiger partial charge in [-0.3, -0.25) is 4.79 Å². The second kappa shape index (κ2) is 12.4. The molecule has 2 N–H and O–H groups in total. The van der Waals surface area contributed by atoms with Crippen LogP contribution in [0.1, 0.15) is 33.1 Å². The lowest BCUT2D eigenvalue weighted by molar-refractivity contribution is -0.124. The molecule has 0 saturated heterocycles. The average Bonchev–Trinajstić information content (AvgIpc) is 2.45. The van der Waals surface area contributed by atoms with E-state index in [9.17, 15) is 14.4 Å². The highest BCUT2D eigenvalue weighted by Crippen LogP contribution is 1.92. The van der Waals surface area contributed by atoms with Crippen LogP contribution < -0.4 is 10.6 Å². The molecule has 0 radical (unpaired) electrons. The van der Waals surface area contributed by atoms with Gasteiger partial charge < -0.3 is 24.9 Å². The molecule has 0 spiro atoms. The number of hydrogen-bond donors (Lipinski definition) is 2. The molecule has 1 unspecified atom stereocenters. The Balaban J connectivity index is 4.19. The summed E-state index contributed by atoms with van der Waals surface area (Å²) in [4.78, 5) is 33.5. The standard InChI is InChI=1S/C13H24N2O5/c1-3-9-20-13(18)15-11(10-19-4-2)12(17)14-7-5-6-8-16/h8,11H,3-7,9-10H2,1-2H3,(H,14,17)(H,15,18). The van der Waals surface area contributed by atoms with E-state index < -0.39 is 12.1 Å². The Labute approximate surface area is 119 Å². The number of rotatable bonds is 11. The fourth-order valence-corrected chi connectivity index (χ4v) is 1.32. The van der Waals surface area contributed by atoms with E-state index in [2.05, 4.69) is 10.6 Å². The number of aldehydes is 1. The van der Waals surface area contributed by atoms with Gasteiger partial charge in [0.25, 0.3) is 0 Å². The predicted octanol–water partition coefficient (Wildman–Crippen LogP) is 0.623. The summed E-state index contributed by atoms with van der Waals surface area (Å²) in [6.45, 7) is 4.89. The van der Waals surface area contributed by atoms with Gasteiger partial charge in [0.2, 0.25) is 5.91 Å². The smallest absolute Gasteiger partial charge is 0.407 e. The van der Waals surface area contributed by atoms with E-state index in [-0.39, 0.29) is 12.5 Å². The summed E-state index contributed by atoms with van der Waals surface area (Å²) in [6.07, 6.45) is 1.82. The van der Waals surface area contributed by atoms with Crippen LogP contribution in [0.15, 0.2) is 0 Å². The number of ether oxygens (including phenoxy) is 2. The third-order valence-corrected chi connectivity index (χ3v) is 2.33. The molecular weight excluding hydrogens is 264 g/mol. The molecule has 0 saturated carbocycles. The minimum atomic E-state index is -0.796. The van der Waals surface area contributed by atoms with Gasteiger partial charge in [-0.1, -0.05) is 6.92 Å². The van der Waals surface area contributed by atoms with Crippen molar-refractivity contribution in [3.8, 4) is 0 Å². The lowest BCUT2D eigenvalue weighted by atomic mass is 10.2. The van der Waals surface area contributed by atoms with Crippen LogP contribution in [0.25, 0.3) is 0 Å². The van der Waals surface area contributed by atoms with E-state index in [0.29, 0.717) is 39.0 Å². The number of hydrogen-bond acceptors (Lipinski definition) is 5. The molecule has 0 rings (SSSR count). The van der Waals surface area contributed by atoms with E-state index in [1.165, 1.54) is 0 Å². The molecule has 1 atom stereocenters. The van der Waals surface area contributed by atoms with Gasteiger partial charge in [0.05, 0.1) is 13.2 Å². The normalized spacial score (nSPS) is 11.5. The molecule has 0 aliphatic rings. The maximum absolute atomic E-state index is 11.9. The van der Waals surface area contributed by atoms with Crippen LogP contribution in [0, 0.1) is 0 Å². The second-order valence-electron chi connectivity index (χ2n) is 4.09. The van der Waals surface area contributed by atoms with Crippen LogP contribution in [-0.4, -0.2) is 50.7 Å². The van der Waals surface area contributed by atoms with E-state index >= 15 is 0 Å². The maximum Gasteiger partial charge on any atom is 0.407 e. The first-order chi connectivity index (χ1) is 9.65. The first kappa shape index (κ1) is 18.4. The molecule has 0 aliphatic carbocycles. The zero-order valence-corrected chi connectivity index (χ0v) is 12.1. The second-order valence-corrected chi connectivity index (χ2v) is 4.09. The van der Waals surface area contributed by atoms with E-state index in [4.69, 9.17) is 9.47 Å². The fourth-order valence-electron chi connectivity index (χ4n) is 1.32. The van der Waals surface area contributed by atoms with Gasteiger partial charge in [-0.2, -0.15) is 0 Å². The van der Waals surface area contributed by atoms with Crippen LogP contribution in [0.5, 0.6) is 0 Å². The van der Waals surface area contributed by atoms with Crippen LogP contribution >= 0.6 is 0 Å². The third-order valence-electron chi connectivity index (χ3n) is 2.33. The molecule has 0 aliphatic heterocycles. The SMILES string of the molecule is CCCOC(=O)NC(COCC)C(=O)NCCCC=O. The Morgan fingerprint density at radius 1 is 1.30 bits per heavy atom. The van der Waals surface area contributed by atoms with Crippen LogP contribution in [0.2, 0.25) is 0 Å². The van der Waals surface area contributed by atoms with Gasteiger partial charge in [0.15, 0.2) is 0 Å². The van der Waals surface area contributed by atoms with Gasteiger partial charge in [-0.15, -0.1) is 0 Å². The Hall–Kier alpha value is -1.63. The topological polar surface area (TPSA) is 93.7 Å². The van der Waals surface area contributed by atoms with Crippen molar-refractivity contribution in [2.75, 3.05) is 26.4 Å². The monoisotopic (exact) mass is 288 g/mol. The van der Waals surface area contributed by atoms with Crippen molar-refractivity contribution in [3.63, 3.8) is 0 Å². The summed E-state index contributed by atoms with van der Waals surface area (Å²) in [6, 6.07) is -0.796. The summed E-state index contributed by atoms with van der Waals surface area (Å²) in [5, 5.41) is 5.10. The minimum Gasteiger partial charge on any atom is -0.450 e. The van der Waals surface area contributed by atoms with Crippen LogP contribution in [0.4, 0.5) is 4.79 Å². The first-order valence-electron chi connectivity index (χ1n) is 6.88. The molecule has 20 heavy (non-hydrogen) atoms. The zero-order valence-electron chi connectivity index (χ0n) is 12.1. The van der Waals surface area contributed by atoms with Crippen molar-refractivity contribution in [2.45, 2.75) is 39.2 Å². The van der Waals surface area contributed by atoms with E-state index in [0.717, 1.165) is 6.29 Å². The van der Waals surface area contributed by atoms with Crippen LogP contribution in [-0.2, 0) is 19.1 Å². The lowest BCUT2D eigenvalue weighted by Gasteiger charge is -2.18. The Morgan fingerprint density at radius 3 is 2.65 bits per heavy atom. The third kappa shape index (κ3) is 9.32. The summed E-state index contributed by atoms with van der Waals surface area (Å²) in [5.41, 5.74) is 0. The van der Waals surface area contributed by atoms with Crippen molar-refractivity contribution in [3.05, 3.63) is 0 Å². The molecule has 0 aromatic carbocycles. The largest absolute Gasteiger partial charge is 0.450 e. The molecule has 0 heterocycles. The Kier molecular flexibility index (Phi) is 11.4. The quantitative estimate of drug-likeness (QED) is 0.429. The molecule has 116 valence electrons. The number of amides is 2. The van der Waals surface area contributed by atoms with Gasteiger partial charge in [0.1, 0.15) is 12.3 Å². The average molecular weight is 288 g/mol. The number of carbonyl (C=O) groups excluding carboxylic acids is 3. The highest BCUT2D eigenvalue weighted by atomic mass is 16.5. The number of unbranched alkanes of at least 4 members (excludes halogenated alkanes) is 1. The van der Waals surface area contributed by atoms with Crippen molar-refractivity contribution in [1.82, 2.24) is 10.6 Å². The Bertz CT molecular complexity index is 296. The van der Waals surface area contributed by atoms with Gasteiger partial charge in [-0.05, 0) is 19.8 Å². The fraction of sp³-hybridized carbons (Fsp3) is 0.769. The van der Waals surface area contributed by atoms with E-state index in [1.807, 2.05) is 6.92 Å². The van der Waals surface area contributed by atoms with Crippen molar-refractivity contribution < 1.29 is 23.9 Å². The Morgan fingerprint density at radius 2 is 2.05 bits per heavy atom. The number of carbonyl (C=O) groups is 3. The maximum atomic E-state index is 11.9.